The molecule has 1 aliphatic carbocycles. The van der Waals surface area contributed by atoms with Gasteiger partial charge in [-0.15, -0.1) is 0 Å². The predicted octanol–water partition coefficient (Wildman–Crippen LogP) is 4.32. The van der Waals surface area contributed by atoms with E-state index in [4.69, 9.17) is 9.73 Å². The molecule has 1 saturated carbocycles. The number of carbonyl (C=O) groups excluding carboxylic acids is 1. The lowest BCUT2D eigenvalue weighted by Crippen LogP contribution is -2.48. The smallest absolute Gasteiger partial charge is 0.351 e. The summed E-state index contributed by atoms with van der Waals surface area (Å²) in [5, 5.41) is 27.0. The summed E-state index contributed by atoms with van der Waals surface area (Å²) in [7, 11) is 0. The van der Waals surface area contributed by atoms with Crippen LogP contribution in [0.4, 0.5) is 11.4 Å². The molecule has 2 aromatic rings. The molecule has 2 aliphatic heterocycles. The highest BCUT2D eigenvalue weighted by molar-refractivity contribution is 6.12. The highest BCUT2D eigenvalue weighted by Gasteiger charge is 2.30. The van der Waals surface area contributed by atoms with Crippen LogP contribution in [0.25, 0.3) is 11.1 Å². The predicted molar refractivity (Wildman–Crippen MR) is 139 cm³/mol. The largest absolute Gasteiger partial charge is 0.507 e. The first-order valence-corrected chi connectivity index (χ1v) is 12.7. The molecule has 0 aromatic heterocycles. The Morgan fingerprint density at radius 3 is 2.67 bits per heavy atom. The summed E-state index contributed by atoms with van der Waals surface area (Å²) in [5.41, 5.74) is 3.24. The monoisotopic (exact) mass is 485 g/mol. The fraction of sp³-hybridized carbons (Fsp3) is 0.393. The molecular weight excluding hydrogens is 454 g/mol. The third-order valence-electron chi connectivity index (χ3n) is 7.08. The molecule has 0 spiro atoms. The van der Waals surface area contributed by atoms with Gasteiger partial charge in [-0.1, -0.05) is 43.5 Å². The third kappa shape index (κ3) is 5.07. The number of nitrogens with zero attached hydrogens (tertiary/aromatic N) is 3. The Morgan fingerprint density at radius 2 is 1.92 bits per heavy atom. The molecule has 3 aliphatic rings. The maximum atomic E-state index is 13.1. The molecular formula is C28H31N5O3. The van der Waals surface area contributed by atoms with E-state index in [1.54, 1.807) is 12.1 Å². The quantitative estimate of drug-likeness (QED) is 0.336. The molecule has 0 amide bonds. The number of nitriles is 1. The summed E-state index contributed by atoms with van der Waals surface area (Å²) in [4.78, 5) is 20.1. The maximum Gasteiger partial charge on any atom is 0.351 e. The lowest BCUT2D eigenvalue weighted by atomic mass is 9.90. The molecule has 186 valence electrons. The summed E-state index contributed by atoms with van der Waals surface area (Å²) in [6.45, 7) is 3.32. The van der Waals surface area contributed by atoms with Crippen molar-refractivity contribution in [2.75, 3.05) is 38.1 Å². The van der Waals surface area contributed by atoms with E-state index in [9.17, 15) is 15.2 Å². The van der Waals surface area contributed by atoms with Gasteiger partial charge in [0.05, 0.1) is 18.0 Å². The first-order chi connectivity index (χ1) is 17.6. The van der Waals surface area contributed by atoms with Crippen molar-refractivity contribution in [1.29, 1.82) is 5.26 Å². The van der Waals surface area contributed by atoms with E-state index in [0.29, 0.717) is 54.1 Å². The van der Waals surface area contributed by atoms with Gasteiger partial charge in [-0.2, -0.15) is 5.26 Å². The highest BCUT2D eigenvalue weighted by atomic mass is 16.5. The highest BCUT2D eigenvalue weighted by Crippen LogP contribution is 2.38. The molecule has 2 aromatic carbocycles. The minimum atomic E-state index is -0.609. The molecule has 0 radical (unpaired) electrons. The van der Waals surface area contributed by atoms with E-state index in [2.05, 4.69) is 21.6 Å². The summed E-state index contributed by atoms with van der Waals surface area (Å²) in [5.74, 6) is 0.509. The van der Waals surface area contributed by atoms with Crippen molar-refractivity contribution in [2.45, 2.75) is 32.1 Å². The number of rotatable bonds is 4. The molecule has 36 heavy (non-hydrogen) atoms. The van der Waals surface area contributed by atoms with Crippen molar-refractivity contribution in [3.05, 3.63) is 53.7 Å². The Kier molecular flexibility index (Phi) is 7.19. The van der Waals surface area contributed by atoms with Crippen LogP contribution in [-0.4, -0.2) is 54.6 Å². The summed E-state index contributed by atoms with van der Waals surface area (Å²) >= 11 is 0. The van der Waals surface area contributed by atoms with E-state index < -0.39 is 5.97 Å². The third-order valence-corrected chi connectivity index (χ3v) is 7.08. The van der Waals surface area contributed by atoms with Crippen LogP contribution in [-0.2, 0) is 9.53 Å². The Hall–Kier alpha value is -3.83. The number of hydrogen-bond donors (Lipinski definition) is 3. The van der Waals surface area contributed by atoms with Gasteiger partial charge in [-0.3, -0.25) is 0 Å². The normalized spacial score (nSPS) is 19.4. The van der Waals surface area contributed by atoms with Crippen LogP contribution in [0.2, 0.25) is 0 Å². The minimum absolute atomic E-state index is 0.0569. The molecule has 0 unspecified atom stereocenters. The zero-order chi connectivity index (χ0) is 24.9. The van der Waals surface area contributed by atoms with E-state index in [-0.39, 0.29) is 11.3 Å². The number of amidine groups is 1. The van der Waals surface area contributed by atoms with Crippen molar-refractivity contribution in [3.8, 4) is 22.9 Å². The molecule has 2 fully saturated rings. The number of aliphatic imine (C=N–C) groups is 1. The summed E-state index contributed by atoms with van der Waals surface area (Å²) < 4.78 is 5.63. The fourth-order valence-corrected chi connectivity index (χ4v) is 5.08. The Balaban J connectivity index is 1.49. The zero-order valence-corrected chi connectivity index (χ0v) is 20.3. The maximum absolute atomic E-state index is 13.1. The average molecular weight is 486 g/mol. The number of carbonyl (C=O) groups is 1. The lowest BCUT2D eigenvalue weighted by molar-refractivity contribution is -0.140. The van der Waals surface area contributed by atoms with Crippen molar-refractivity contribution in [2.24, 2.45) is 10.9 Å². The number of hydrogen-bond acceptors (Lipinski definition) is 8. The minimum Gasteiger partial charge on any atom is -0.507 e. The van der Waals surface area contributed by atoms with Crippen molar-refractivity contribution in [3.63, 3.8) is 0 Å². The number of piperazine rings is 1. The molecule has 0 bridgehead atoms. The van der Waals surface area contributed by atoms with E-state index >= 15 is 0 Å². The van der Waals surface area contributed by atoms with Gasteiger partial charge in [0.25, 0.3) is 0 Å². The standard InChI is InChI=1S/C28H31N5O3/c29-17-22(28(35)36-18-19-6-2-1-3-7-19)26-27(33-14-12-30-13-15-33)32-24-16-20(10-11-23(24)31-26)21-8-4-5-9-25(21)34/h4-5,8-11,16,19,30-31,34H,1-3,6-7,12-15,18H2/b26-22-. The topological polar surface area (TPSA) is 110 Å². The number of phenols is 1. The number of aromatic hydroxyl groups is 1. The Morgan fingerprint density at radius 1 is 1.14 bits per heavy atom. The van der Waals surface area contributed by atoms with Crippen molar-refractivity contribution >= 4 is 23.2 Å². The van der Waals surface area contributed by atoms with Gasteiger partial charge >= 0.3 is 5.97 Å². The van der Waals surface area contributed by atoms with E-state index in [1.807, 2.05) is 30.3 Å². The van der Waals surface area contributed by atoms with Crippen LogP contribution in [0, 0.1) is 17.2 Å². The van der Waals surface area contributed by atoms with Crippen molar-refractivity contribution in [1.82, 2.24) is 10.2 Å². The van der Waals surface area contributed by atoms with Gasteiger partial charge < -0.3 is 25.4 Å². The first kappa shape index (κ1) is 23.9. The number of fused-ring (bicyclic) bond motifs is 1. The molecule has 5 rings (SSSR count). The van der Waals surface area contributed by atoms with Gasteiger partial charge in [0.2, 0.25) is 0 Å². The number of ether oxygens (including phenoxy) is 1. The Labute approximate surface area is 211 Å². The van der Waals surface area contributed by atoms with Crippen LogP contribution < -0.4 is 10.6 Å². The number of phenolic OH excluding ortho intramolecular Hbond substituents is 1. The van der Waals surface area contributed by atoms with Crippen LogP contribution >= 0.6 is 0 Å². The van der Waals surface area contributed by atoms with Gasteiger partial charge in [-0.25, -0.2) is 9.79 Å². The lowest BCUT2D eigenvalue weighted by Gasteiger charge is -2.34. The molecule has 8 heteroatoms. The number of benzene rings is 2. The van der Waals surface area contributed by atoms with Gasteiger partial charge in [-0.05, 0) is 42.5 Å². The number of anilines is 1. The molecule has 3 N–H and O–H groups in total. The Bertz CT molecular complexity index is 1230. The molecule has 2 heterocycles. The molecule has 1 saturated heterocycles. The SMILES string of the molecule is N#C/C(C(=O)OCC1CCCCC1)=C1/Nc2ccc(-c3ccccc3O)cc2N=C1N1CCNCC1. The second kappa shape index (κ2) is 10.8. The second-order valence-corrected chi connectivity index (χ2v) is 9.51. The number of esters is 1. The van der Waals surface area contributed by atoms with Crippen LogP contribution in [0.5, 0.6) is 5.75 Å². The van der Waals surface area contributed by atoms with Crippen LogP contribution in [0.3, 0.4) is 0 Å². The van der Waals surface area contributed by atoms with Gasteiger partial charge in [0, 0.05) is 31.7 Å². The first-order valence-electron chi connectivity index (χ1n) is 12.7. The molecule has 8 nitrogen and oxygen atoms in total. The number of nitrogens with one attached hydrogen (secondary N) is 2. The van der Waals surface area contributed by atoms with Crippen LogP contribution in [0.1, 0.15) is 32.1 Å². The average Bonchev–Trinajstić information content (AvgIpc) is 2.93. The second-order valence-electron chi connectivity index (χ2n) is 9.51. The van der Waals surface area contributed by atoms with E-state index in [1.165, 1.54) is 6.42 Å². The van der Waals surface area contributed by atoms with E-state index in [0.717, 1.165) is 44.3 Å². The number of para-hydroxylation sites is 1. The zero-order valence-electron chi connectivity index (χ0n) is 20.3. The van der Waals surface area contributed by atoms with Crippen molar-refractivity contribution < 1.29 is 14.6 Å². The van der Waals surface area contributed by atoms with Gasteiger partial charge in [0.1, 0.15) is 17.5 Å². The van der Waals surface area contributed by atoms with Crippen LogP contribution in [0.15, 0.2) is 58.7 Å². The fourth-order valence-electron chi connectivity index (χ4n) is 5.08. The summed E-state index contributed by atoms with van der Waals surface area (Å²) in [6, 6.07) is 14.9. The summed E-state index contributed by atoms with van der Waals surface area (Å²) in [6.07, 6.45) is 5.68. The van der Waals surface area contributed by atoms with Gasteiger partial charge in [0.15, 0.2) is 11.4 Å². The molecule has 0 atom stereocenters.